The molecule has 0 saturated heterocycles. The minimum Gasteiger partial charge on any atom is -0.303 e. The van der Waals surface area contributed by atoms with Crippen molar-refractivity contribution in [1.82, 2.24) is 4.90 Å². The van der Waals surface area contributed by atoms with Gasteiger partial charge in [0.15, 0.2) is 0 Å². The first-order valence-electron chi connectivity index (χ1n) is 8.48. The predicted octanol–water partition coefficient (Wildman–Crippen LogP) is 5.49. The summed E-state index contributed by atoms with van der Waals surface area (Å²) in [6.45, 7) is 9.93. The maximum atomic E-state index is 2.62. The lowest BCUT2D eigenvalue weighted by Crippen LogP contribution is -2.35. The molecule has 0 aromatic rings. The SMILES string of the molecule is CC.CCCCCN(C)C1CCC(CCC)CC1. The van der Waals surface area contributed by atoms with E-state index in [4.69, 9.17) is 0 Å². The summed E-state index contributed by atoms with van der Waals surface area (Å²) in [6, 6.07) is 0.893. The minimum absolute atomic E-state index is 0.893. The molecule has 0 aliphatic heterocycles. The molecular formula is C17H37N. The van der Waals surface area contributed by atoms with Crippen LogP contribution in [0.4, 0.5) is 0 Å². The van der Waals surface area contributed by atoms with E-state index in [1.54, 1.807) is 0 Å². The highest BCUT2D eigenvalue weighted by atomic mass is 15.1. The molecule has 0 N–H and O–H groups in total. The molecule has 0 bridgehead atoms. The molecule has 18 heavy (non-hydrogen) atoms. The monoisotopic (exact) mass is 255 g/mol. The van der Waals surface area contributed by atoms with Gasteiger partial charge in [0.1, 0.15) is 0 Å². The number of hydrogen-bond donors (Lipinski definition) is 0. The fourth-order valence-corrected chi connectivity index (χ4v) is 3.08. The second kappa shape index (κ2) is 12.0. The summed E-state index contributed by atoms with van der Waals surface area (Å²) in [5.74, 6) is 1.05. The number of unbranched alkanes of at least 4 members (excludes halogenated alkanes) is 2. The van der Waals surface area contributed by atoms with Crippen LogP contribution in [0.2, 0.25) is 0 Å². The van der Waals surface area contributed by atoms with E-state index in [1.165, 1.54) is 64.3 Å². The lowest BCUT2D eigenvalue weighted by atomic mass is 9.83. The Balaban J connectivity index is 0.00000137. The molecule has 0 radical (unpaired) electrons. The molecule has 1 aliphatic rings. The molecule has 1 heteroatoms. The zero-order chi connectivity index (χ0) is 13.8. The fraction of sp³-hybridized carbons (Fsp3) is 1.00. The van der Waals surface area contributed by atoms with E-state index in [1.807, 2.05) is 13.8 Å². The van der Waals surface area contributed by atoms with E-state index >= 15 is 0 Å². The zero-order valence-electron chi connectivity index (χ0n) is 13.7. The van der Waals surface area contributed by atoms with Crippen molar-refractivity contribution in [2.24, 2.45) is 5.92 Å². The van der Waals surface area contributed by atoms with Crippen LogP contribution in [0.5, 0.6) is 0 Å². The molecular weight excluding hydrogens is 218 g/mol. The Kier molecular flexibility index (Phi) is 12.0. The van der Waals surface area contributed by atoms with Crippen molar-refractivity contribution in [3.8, 4) is 0 Å². The van der Waals surface area contributed by atoms with Crippen molar-refractivity contribution in [3.05, 3.63) is 0 Å². The predicted molar refractivity (Wildman–Crippen MR) is 84.2 cm³/mol. The molecule has 0 amide bonds. The quantitative estimate of drug-likeness (QED) is 0.543. The largest absolute Gasteiger partial charge is 0.303 e. The van der Waals surface area contributed by atoms with E-state index in [9.17, 15) is 0 Å². The Morgan fingerprint density at radius 3 is 2.00 bits per heavy atom. The summed E-state index contributed by atoms with van der Waals surface area (Å²) in [7, 11) is 2.33. The Bertz CT molecular complexity index is 159. The molecule has 110 valence electrons. The van der Waals surface area contributed by atoms with Gasteiger partial charge in [-0.15, -0.1) is 0 Å². The van der Waals surface area contributed by atoms with Gasteiger partial charge in [-0.2, -0.15) is 0 Å². The van der Waals surface area contributed by atoms with E-state index in [0.717, 1.165) is 12.0 Å². The maximum absolute atomic E-state index is 2.62. The van der Waals surface area contributed by atoms with Crippen molar-refractivity contribution >= 4 is 0 Å². The van der Waals surface area contributed by atoms with Crippen LogP contribution in [0.3, 0.4) is 0 Å². The molecule has 0 atom stereocenters. The molecule has 0 spiro atoms. The summed E-state index contributed by atoms with van der Waals surface area (Å²) in [6.07, 6.45) is 12.8. The van der Waals surface area contributed by atoms with Crippen LogP contribution in [0.1, 0.15) is 85.5 Å². The lowest BCUT2D eigenvalue weighted by molar-refractivity contribution is 0.159. The smallest absolute Gasteiger partial charge is 0.00924 e. The third-order valence-corrected chi connectivity index (χ3v) is 4.25. The highest BCUT2D eigenvalue weighted by Crippen LogP contribution is 2.29. The Labute approximate surface area is 116 Å². The Morgan fingerprint density at radius 1 is 0.889 bits per heavy atom. The molecule has 1 nitrogen and oxygen atoms in total. The van der Waals surface area contributed by atoms with E-state index in [0.29, 0.717) is 0 Å². The number of rotatable bonds is 7. The first-order chi connectivity index (χ1) is 8.77. The molecule has 0 aromatic carbocycles. The molecule has 1 saturated carbocycles. The van der Waals surface area contributed by atoms with Gasteiger partial charge in [-0.1, -0.05) is 53.4 Å². The van der Waals surface area contributed by atoms with Gasteiger partial charge in [0.25, 0.3) is 0 Å². The molecule has 0 aromatic heterocycles. The number of nitrogens with zero attached hydrogens (tertiary/aromatic N) is 1. The van der Waals surface area contributed by atoms with Crippen molar-refractivity contribution in [1.29, 1.82) is 0 Å². The summed E-state index contributed by atoms with van der Waals surface area (Å²) in [5.41, 5.74) is 0. The van der Waals surface area contributed by atoms with Gasteiger partial charge in [-0.3, -0.25) is 0 Å². The second-order valence-electron chi connectivity index (χ2n) is 5.65. The van der Waals surface area contributed by atoms with Crippen LogP contribution in [0.15, 0.2) is 0 Å². The molecule has 0 heterocycles. The van der Waals surface area contributed by atoms with E-state index < -0.39 is 0 Å². The molecule has 1 rings (SSSR count). The van der Waals surface area contributed by atoms with Gasteiger partial charge >= 0.3 is 0 Å². The zero-order valence-corrected chi connectivity index (χ0v) is 13.7. The van der Waals surface area contributed by atoms with Crippen molar-refractivity contribution < 1.29 is 0 Å². The lowest BCUT2D eigenvalue weighted by Gasteiger charge is -2.34. The maximum Gasteiger partial charge on any atom is 0.00924 e. The van der Waals surface area contributed by atoms with E-state index in [-0.39, 0.29) is 0 Å². The van der Waals surface area contributed by atoms with Gasteiger partial charge in [-0.05, 0) is 51.6 Å². The van der Waals surface area contributed by atoms with Gasteiger partial charge in [-0.25, -0.2) is 0 Å². The van der Waals surface area contributed by atoms with Gasteiger partial charge in [0, 0.05) is 6.04 Å². The second-order valence-corrected chi connectivity index (χ2v) is 5.65. The Morgan fingerprint density at radius 2 is 1.50 bits per heavy atom. The summed E-state index contributed by atoms with van der Waals surface area (Å²) in [4.78, 5) is 2.62. The average Bonchev–Trinajstić information content (AvgIpc) is 2.42. The van der Waals surface area contributed by atoms with Crippen LogP contribution in [-0.2, 0) is 0 Å². The highest BCUT2D eigenvalue weighted by Gasteiger charge is 2.22. The van der Waals surface area contributed by atoms with Crippen LogP contribution < -0.4 is 0 Å². The van der Waals surface area contributed by atoms with Gasteiger partial charge in [0.2, 0.25) is 0 Å². The van der Waals surface area contributed by atoms with Crippen molar-refractivity contribution in [2.45, 2.75) is 91.5 Å². The van der Waals surface area contributed by atoms with Crippen molar-refractivity contribution in [3.63, 3.8) is 0 Å². The standard InChI is InChI=1S/C15H31N.C2H6/c1-4-6-7-13-16(3)15-11-9-14(8-5-2)10-12-15;1-2/h14-15H,4-13H2,1-3H3;1-2H3. The number of hydrogen-bond acceptors (Lipinski definition) is 1. The van der Waals surface area contributed by atoms with Crippen LogP contribution in [0.25, 0.3) is 0 Å². The van der Waals surface area contributed by atoms with Crippen LogP contribution in [-0.4, -0.2) is 24.5 Å². The molecule has 1 aliphatic carbocycles. The first kappa shape index (κ1) is 18.0. The minimum atomic E-state index is 0.893. The average molecular weight is 255 g/mol. The van der Waals surface area contributed by atoms with Gasteiger partial charge < -0.3 is 4.90 Å². The summed E-state index contributed by atoms with van der Waals surface area (Å²) >= 11 is 0. The molecule has 1 fully saturated rings. The first-order valence-corrected chi connectivity index (χ1v) is 8.48. The van der Waals surface area contributed by atoms with Crippen LogP contribution in [0, 0.1) is 5.92 Å². The summed E-state index contributed by atoms with van der Waals surface area (Å²) in [5, 5.41) is 0. The third-order valence-electron chi connectivity index (χ3n) is 4.25. The van der Waals surface area contributed by atoms with Gasteiger partial charge in [0.05, 0.1) is 0 Å². The molecule has 0 unspecified atom stereocenters. The normalized spacial score (nSPS) is 23.7. The topological polar surface area (TPSA) is 3.24 Å². The van der Waals surface area contributed by atoms with Crippen molar-refractivity contribution in [2.75, 3.05) is 13.6 Å². The highest BCUT2D eigenvalue weighted by molar-refractivity contribution is 4.78. The Hall–Kier alpha value is -0.0400. The fourth-order valence-electron chi connectivity index (χ4n) is 3.08. The third kappa shape index (κ3) is 7.41. The summed E-state index contributed by atoms with van der Waals surface area (Å²) < 4.78 is 0. The van der Waals surface area contributed by atoms with Crippen LogP contribution >= 0.6 is 0 Å². The van der Waals surface area contributed by atoms with E-state index in [2.05, 4.69) is 25.8 Å².